The van der Waals surface area contributed by atoms with Crippen LogP contribution in [0.3, 0.4) is 0 Å². The minimum atomic E-state index is -3.68. The number of sulfonamides is 1. The third-order valence-electron chi connectivity index (χ3n) is 2.87. The van der Waals surface area contributed by atoms with Crippen LogP contribution in [-0.2, 0) is 16.6 Å². The van der Waals surface area contributed by atoms with E-state index in [2.05, 4.69) is 11.6 Å². The number of thioether (sulfide) groups is 1. The molecule has 1 rings (SSSR count). The summed E-state index contributed by atoms with van der Waals surface area (Å²) in [4.78, 5) is 0.0176. The largest absolute Gasteiger partial charge is 0.326 e. The van der Waals surface area contributed by atoms with Crippen molar-refractivity contribution in [2.45, 2.75) is 37.8 Å². The monoisotopic (exact) mass is 370 g/mol. The fraction of sp³-hybridized carbons (Fsp3) is 0.538. The Morgan fingerprint density at radius 1 is 1.33 bits per heavy atom. The highest BCUT2D eigenvalue weighted by atomic mass is 35.5. The lowest BCUT2D eigenvalue weighted by Gasteiger charge is -2.15. The molecule has 0 aromatic heterocycles. The van der Waals surface area contributed by atoms with Crippen LogP contribution in [0.5, 0.6) is 0 Å². The van der Waals surface area contributed by atoms with E-state index in [0.29, 0.717) is 10.6 Å². The zero-order chi connectivity index (χ0) is 16.0. The molecule has 0 saturated heterocycles. The molecule has 1 aromatic carbocycles. The Morgan fingerprint density at radius 2 is 2.00 bits per heavy atom. The average molecular weight is 371 g/mol. The van der Waals surface area contributed by atoms with Crippen LogP contribution in [0.25, 0.3) is 0 Å². The molecular formula is C13H20Cl2N2O2S2. The fourth-order valence-electron chi connectivity index (χ4n) is 1.73. The van der Waals surface area contributed by atoms with E-state index in [1.54, 1.807) is 11.8 Å². The Hall–Kier alpha value is 0.0200. The van der Waals surface area contributed by atoms with E-state index in [1.807, 2.05) is 6.92 Å². The lowest BCUT2D eigenvalue weighted by Crippen LogP contribution is -2.33. The third kappa shape index (κ3) is 5.62. The van der Waals surface area contributed by atoms with E-state index in [4.69, 9.17) is 28.9 Å². The second-order valence-corrected chi connectivity index (χ2v) is 8.48. The number of nitrogens with two attached hydrogens (primary N) is 1. The molecule has 0 fully saturated rings. The molecular weight excluding hydrogens is 351 g/mol. The maximum absolute atomic E-state index is 12.4. The smallest absolute Gasteiger partial charge is 0.242 e. The summed E-state index contributed by atoms with van der Waals surface area (Å²) in [6.07, 6.45) is 0.757. The van der Waals surface area contributed by atoms with Crippen molar-refractivity contribution in [3.63, 3.8) is 0 Å². The topological polar surface area (TPSA) is 72.2 Å². The van der Waals surface area contributed by atoms with Crippen LogP contribution in [0, 0.1) is 0 Å². The normalized spacial score (nSPS) is 13.4. The van der Waals surface area contributed by atoms with Crippen molar-refractivity contribution in [2.24, 2.45) is 5.73 Å². The first kappa shape index (κ1) is 19.1. The van der Waals surface area contributed by atoms with Crippen molar-refractivity contribution in [3.05, 3.63) is 27.7 Å². The van der Waals surface area contributed by atoms with Gasteiger partial charge < -0.3 is 5.73 Å². The first-order valence-corrected chi connectivity index (χ1v) is 9.99. The SMILES string of the molecule is CCSCCC(C)NS(=O)(=O)c1cc(CN)c(Cl)cc1Cl. The highest BCUT2D eigenvalue weighted by molar-refractivity contribution is 7.99. The van der Waals surface area contributed by atoms with Gasteiger partial charge in [-0.25, -0.2) is 13.1 Å². The van der Waals surface area contributed by atoms with Crippen LogP contribution in [-0.4, -0.2) is 26.0 Å². The van der Waals surface area contributed by atoms with Gasteiger partial charge in [-0.2, -0.15) is 11.8 Å². The van der Waals surface area contributed by atoms with Crippen LogP contribution in [0.1, 0.15) is 25.8 Å². The molecule has 8 heteroatoms. The van der Waals surface area contributed by atoms with Gasteiger partial charge >= 0.3 is 0 Å². The predicted octanol–water partition coefficient (Wildman–Crippen LogP) is 3.26. The summed E-state index contributed by atoms with van der Waals surface area (Å²) in [5.74, 6) is 1.92. The minimum absolute atomic E-state index is 0.0176. The van der Waals surface area contributed by atoms with Gasteiger partial charge in [-0.05, 0) is 42.5 Å². The van der Waals surface area contributed by atoms with Crippen LogP contribution < -0.4 is 10.5 Å². The zero-order valence-corrected chi connectivity index (χ0v) is 15.2. The van der Waals surface area contributed by atoms with Gasteiger partial charge in [0.2, 0.25) is 10.0 Å². The van der Waals surface area contributed by atoms with Gasteiger partial charge in [0, 0.05) is 17.6 Å². The highest BCUT2D eigenvalue weighted by Crippen LogP contribution is 2.28. The third-order valence-corrected chi connectivity index (χ3v) is 6.20. The maximum atomic E-state index is 12.4. The van der Waals surface area contributed by atoms with Crippen molar-refractivity contribution < 1.29 is 8.42 Å². The molecule has 3 N–H and O–H groups in total. The summed E-state index contributed by atoms with van der Waals surface area (Å²) < 4.78 is 27.4. The van der Waals surface area contributed by atoms with Crippen molar-refractivity contribution in [1.82, 2.24) is 4.72 Å². The summed E-state index contributed by atoms with van der Waals surface area (Å²) in [5, 5.41) is 0.466. The molecule has 0 aliphatic heterocycles. The highest BCUT2D eigenvalue weighted by Gasteiger charge is 2.21. The second-order valence-electron chi connectivity index (χ2n) is 4.59. The molecule has 0 saturated carbocycles. The number of hydrogen-bond acceptors (Lipinski definition) is 4. The summed E-state index contributed by atoms with van der Waals surface area (Å²) in [5.41, 5.74) is 6.10. The first-order chi connectivity index (χ1) is 9.81. The van der Waals surface area contributed by atoms with Crippen molar-refractivity contribution >= 4 is 45.0 Å². The molecule has 0 spiro atoms. The summed E-state index contributed by atoms with van der Waals surface area (Å²) in [7, 11) is -3.68. The number of rotatable bonds is 8. The summed E-state index contributed by atoms with van der Waals surface area (Å²) in [6.45, 7) is 4.06. The Bertz CT molecular complexity index is 580. The maximum Gasteiger partial charge on any atom is 0.242 e. The van der Waals surface area contributed by atoms with Crippen LogP contribution >= 0.6 is 35.0 Å². The van der Waals surface area contributed by atoms with E-state index in [9.17, 15) is 8.42 Å². The van der Waals surface area contributed by atoms with E-state index >= 15 is 0 Å². The van der Waals surface area contributed by atoms with Gasteiger partial charge in [0.15, 0.2) is 0 Å². The fourth-order valence-corrected chi connectivity index (χ4v) is 4.69. The molecule has 0 aliphatic carbocycles. The van der Waals surface area contributed by atoms with E-state index in [-0.39, 0.29) is 22.5 Å². The Morgan fingerprint density at radius 3 is 2.57 bits per heavy atom. The van der Waals surface area contributed by atoms with Gasteiger partial charge in [-0.15, -0.1) is 0 Å². The second kappa shape index (κ2) is 8.60. The molecule has 1 atom stereocenters. The molecule has 21 heavy (non-hydrogen) atoms. The van der Waals surface area contributed by atoms with Crippen molar-refractivity contribution in [3.8, 4) is 0 Å². The molecule has 0 amide bonds. The number of hydrogen-bond donors (Lipinski definition) is 2. The van der Waals surface area contributed by atoms with Gasteiger partial charge in [0.1, 0.15) is 4.90 Å². The predicted molar refractivity (Wildman–Crippen MR) is 91.8 cm³/mol. The van der Waals surface area contributed by atoms with Crippen molar-refractivity contribution in [1.29, 1.82) is 0 Å². The van der Waals surface area contributed by atoms with E-state index < -0.39 is 10.0 Å². The van der Waals surface area contributed by atoms with Gasteiger partial charge in [0.05, 0.1) is 5.02 Å². The van der Waals surface area contributed by atoms with E-state index in [1.165, 1.54) is 12.1 Å². The lowest BCUT2D eigenvalue weighted by molar-refractivity contribution is 0.557. The molecule has 4 nitrogen and oxygen atoms in total. The van der Waals surface area contributed by atoms with Crippen molar-refractivity contribution in [2.75, 3.05) is 11.5 Å². The van der Waals surface area contributed by atoms with Gasteiger partial charge in [-0.1, -0.05) is 30.1 Å². The van der Waals surface area contributed by atoms with Crippen LogP contribution in [0.2, 0.25) is 10.0 Å². The molecule has 0 radical (unpaired) electrons. The lowest BCUT2D eigenvalue weighted by atomic mass is 10.2. The summed E-state index contributed by atoms with van der Waals surface area (Å²) >= 11 is 13.7. The molecule has 120 valence electrons. The number of halogens is 2. The quantitative estimate of drug-likeness (QED) is 0.688. The summed E-state index contributed by atoms with van der Waals surface area (Å²) in [6, 6.07) is 2.68. The average Bonchev–Trinajstić information content (AvgIpc) is 2.38. The number of nitrogens with one attached hydrogen (secondary N) is 1. The Labute approximate surface area is 140 Å². The molecule has 1 aromatic rings. The Kier molecular flexibility index (Phi) is 7.81. The molecule has 0 heterocycles. The minimum Gasteiger partial charge on any atom is -0.326 e. The molecule has 0 aliphatic rings. The first-order valence-electron chi connectivity index (χ1n) is 6.59. The number of benzene rings is 1. The van der Waals surface area contributed by atoms with Gasteiger partial charge in [-0.3, -0.25) is 0 Å². The zero-order valence-electron chi connectivity index (χ0n) is 12.0. The van der Waals surface area contributed by atoms with Gasteiger partial charge in [0.25, 0.3) is 0 Å². The standard InChI is InChI=1S/C13H20Cl2N2O2S2/c1-3-20-5-4-9(2)17-21(18,19)13-6-10(8-16)11(14)7-12(13)15/h6-7,9,17H,3-5,8,16H2,1-2H3. The molecule has 0 bridgehead atoms. The van der Waals surface area contributed by atoms with Crippen LogP contribution in [0.4, 0.5) is 0 Å². The Balaban J connectivity index is 2.92. The van der Waals surface area contributed by atoms with E-state index in [0.717, 1.165) is 17.9 Å². The van der Waals surface area contributed by atoms with Crippen LogP contribution in [0.15, 0.2) is 17.0 Å². The molecule has 1 unspecified atom stereocenters.